The Labute approximate surface area is 125 Å². The van der Waals surface area contributed by atoms with E-state index >= 15 is 0 Å². The van der Waals surface area contributed by atoms with Gasteiger partial charge in [0.05, 0.1) is 7.11 Å². The van der Waals surface area contributed by atoms with Crippen LogP contribution in [0.2, 0.25) is 0 Å². The first-order valence-corrected chi connectivity index (χ1v) is 6.10. The Kier molecular flexibility index (Phi) is 6.87. The van der Waals surface area contributed by atoms with E-state index in [0.29, 0.717) is 13.2 Å². The smallest absolute Gasteiger partial charge is 0.123 e. The van der Waals surface area contributed by atoms with Gasteiger partial charge >= 0.3 is 0 Å². The number of benzene rings is 2. The number of hydrazine groups is 1. The molecule has 3 N–H and O–H groups in total. The predicted molar refractivity (Wildman–Crippen MR) is 82.0 cm³/mol. The van der Waals surface area contributed by atoms with Gasteiger partial charge in [-0.3, -0.25) is 11.3 Å². The van der Waals surface area contributed by atoms with Gasteiger partial charge in [-0.1, -0.05) is 30.3 Å². The van der Waals surface area contributed by atoms with Crippen molar-refractivity contribution in [3.05, 3.63) is 59.7 Å². The van der Waals surface area contributed by atoms with Gasteiger partial charge in [0.15, 0.2) is 0 Å². The maximum Gasteiger partial charge on any atom is 0.123 e. The zero-order chi connectivity index (χ0) is 13.5. The number of ether oxygens (including phenoxy) is 2. The summed E-state index contributed by atoms with van der Waals surface area (Å²) in [7, 11) is 1.63. The molecule has 20 heavy (non-hydrogen) atoms. The average Bonchev–Trinajstić information content (AvgIpc) is 2.46. The number of rotatable bonds is 6. The van der Waals surface area contributed by atoms with Crippen molar-refractivity contribution in [2.45, 2.75) is 13.2 Å². The Balaban J connectivity index is 0.00000200. The second-order valence-electron chi connectivity index (χ2n) is 4.17. The average molecular weight is 295 g/mol. The molecule has 0 aliphatic heterocycles. The molecule has 0 atom stereocenters. The van der Waals surface area contributed by atoms with Crippen LogP contribution in [0.15, 0.2) is 48.5 Å². The minimum Gasteiger partial charge on any atom is -0.497 e. The molecule has 0 spiro atoms. The van der Waals surface area contributed by atoms with Crippen molar-refractivity contribution < 1.29 is 9.47 Å². The Hall–Kier alpha value is -1.75. The van der Waals surface area contributed by atoms with E-state index in [2.05, 4.69) is 5.43 Å². The van der Waals surface area contributed by atoms with Crippen LogP contribution in [0.25, 0.3) is 0 Å². The lowest BCUT2D eigenvalue weighted by Crippen LogP contribution is -2.20. The summed E-state index contributed by atoms with van der Waals surface area (Å²) in [6.45, 7) is 1.10. The monoisotopic (exact) mass is 294 g/mol. The van der Waals surface area contributed by atoms with Crippen molar-refractivity contribution >= 4 is 12.4 Å². The Morgan fingerprint density at radius 3 is 2.35 bits per heavy atom. The predicted octanol–water partition coefficient (Wildman–Crippen LogP) is 2.66. The number of halogens is 1. The van der Waals surface area contributed by atoms with Crippen LogP contribution in [0.3, 0.4) is 0 Å². The van der Waals surface area contributed by atoms with E-state index in [9.17, 15) is 0 Å². The zero-order valence-electron chi connectivity index (χ0n) is 11.3. The Bertz CT molecular complexity index is 521. The van der Waals surface area contributed by atoms with Crippen molar-refractivity contribution in [2.75, 3.05) is 7.11 Å². The lowest BCUT2D eigenvalue weighted by Gasteiger charge is -2.10. The SMILES string of the molecule is COc1cc(CNN)cc(OCc2ccccc2)c1.Cl. The quantitative estimate of drug-likeness (QED) is 0.635. The molecule has 0 radical (unpaired) electrons. The normalized spacial score (nSPS) is 9.70. The third-order valence-electron chi connectivity index (χ3n) is 2.73. The van der Waals surface area contributed by atoms with E-state index in [0.717, 1.165) is 22.6 Å². The minimum atomic E-state index is 0. The van der Waals surface area contributed by atoms with Gasteiger partial charge in [0, 0.05) is 12.6 Å². The standard InChI is InChI=1S/C15H18N2O2.ClH/c1-18-14-7-13(10-17-16)8-15(9-14)19-11-12-5-3-2-4-6-12;/h2-9,17H,10-11,16H2,1H3;1H. The van der Waals surface area contributed by atoms with Crippen molar-refractivity contribution in [3.63, 3.8) is 0 Å². The van der Waals surface area contributed by atoms with Crippen LogP contribution in [-0.2, 0) is 13.2 Å². The summed E-state index contributed by atoms with van der Waals surface area (Å²) in [6.07, 6.45) is 0. The second kappa shape index (κ2) is 8.43. The number of nitrogens with one attached hydrogen (secondary N) is 1. The minimum absolute atomic E-state index is 0. The van der Waals surface area contributed by atoms with Gasteiger partial charge in [-0.15, -0.1) is 12.4 Å². The first-order chi connectivity index (χ1) is 9.31. The number of hydrogen-bond donors (Lipinski definition) is 2. The first kappa shape index (κ1) is 16.3. The van der Waals surface area contributed by atoms with Crippen LogP contribution in [0, 0.1) is 0 Å². The zero-order valence-corrected chi connectivity index (χ0v) is 12.2. The number of methoxy groups -OCH3 is 1. The van der Waals surface area contributed by atoms with Crippen LogP contribution in [0.5, 0.6) is 11.5 Å². The summed E-state index contributed by atoms with van der Waals surface area (Å²) >= 11 is 0. The largest absolute Gasteiger partial charge is 0.497 e. The van der Waals surface area contributed by atoms with Gasteiger partial charge in [0.1, 0.15) is 18.1 Å². The fraction of sp³-hybridized carbons (Fsp3) is 0.200. The van der Waals surface area contributed by atoms with E-state index in [1.165, 1.54) is 0 Å². The van der Waals surface area contributed by atoms with Crippen LogP contribution < -0.4 is 20.7 Å². The molecule has 0 bridgehead atoms. The summed E-state index contributed by atoms with van der Waals surface area (Å²) in [6, 6.07) is 15.8. The van der Waals surface area contributed by atoms with Crippen molar-refractivity contribution in [1.29, 1.82) is 0 Å². The summed E-state index contributed by atoms with van der Waals surface area (Å²) < 4.78 is 11.0. The molecule has 0 saturated carbocycles. The maximum atomic E-state index is 5.77. The lowest BCUT2D eigenvalue weighted by atomic mass is 10.2. The molecule has 2 aromatic rings. The van der Waals surface area contributed by atoms with E-state index < -0.39 is 0 Å². The Morgan fingerprint density at radius 2 is 1.70 bits per heavy atom. The third kappa shape index (κ3) is 4.74. The molecule has 0 unspecified atom stereocenters. The van der Waals surface area contributed by atoms with E-state index in [1.54, 1.807) is 7.11 Å². The third-order valence-corrected chi connectivity index (χ3v) is 2.73. The highest BCUT2D eigenvalue weighted by molar-refractivity contribution is 5.85. The number of hydrogen-bond acceptors (Lipinski definition) is 4. The van der Waals surface area contributed by atoms with Gasteiger partial charge in [-0.05, 0) is 23.3 Å². The molecule has 0 aliphatic carbocycles. The molecule has 0 amide bonds. The topological polar surface area (TPSA) is 56.5 Å². The van der Waals surface area contributed by atoms with Crippen LogP contribution in [0.4, 0.5) is 0 Å². The van der Waals surface area contributed by atoms with Gasteiger partial charge in [0.2, 0.25) is 0 Å². The van der Waals surface area contributed by atoms with Crippen LogP contribution >= 0.6 is 12.4 Å². The second-order valence-corrected chi connectivity index (χ2v) is 4.17. The van der Waals surface area contributed by atoms with E-state index in [1.807, 2.05) is 48.5 Å². The number of nitrogens with two attached hydrogens (primary N) is 1. The van der Waals surface area contributed by atoms with E-state index in [4.69, 9.17) is 15.3 Å². The molecule has 0 aromatic heterocycles. The first-order valence-electron chi connectivity index (χ1n) is 6.10. The van der Waals surface area contributed by atoms with Crippen molar-refractivity contribution in [3.8, 4) is 11.5 Å². The van der Waals surface area contributed by atoms with Crippen molar-refractivity contribution in [1.82, 2.24) is 5.43 Å². The molecule has 0 saturated heterocycles. The summed E-state index contributed by atoms with van der Waals surface area (Å²) in [5.41, 5.74) is 4.77. The summed E-state index contributed by atoms with van der Waals surface area (Å²) in [5, 5.41) is 0. The van der Waals surface area contributed by atoms with E-state index in [-0.39, 0.29) is 12.4 Å². The highest BCUT2D eigenvalue weighted by atomic mass is 35.5. The Morgan fingerprint density at radius 1 is 1.00 bits per heavy atom. The molecule has 2 rings (SSSR count). The maximum absolute atomic E-state index is 5.77. The molecule has 4 nitrogen and oxygen atoms in total. The molecular weight excluding hydrogens is 276 g/mol. The molecular formula is C15H19ClN2O2. The fourth-order valence-electron chi connectivity index (χ4n) is 1.79. The molecule has 108 valence electrons. The summed E-state index contributed by atoms with van der Waals surface area (Å²) in [5.74, 6) is 6.87. The molecule has 0 heterocycles. The van der Waals surface area contributed by atoms with Gasteiger partial charge in [-0.2, -0.15) is 0 Å². The molecule has 5 heteroatoms. The van der Waals surface area contributed by atoms with Gasteiger partial charge in [-0.25, -0.2) is 0 Å². The van der Waals surface area contributed by atoms with Crippen LogP contribution in [-0.4, -0.2) is 7.11 Å². The lowest BCUT2D eigenvalue weighted by molar-refractivity contribution is 0.303. The highest BCUT2D eigenvalue weighted by Crippen LogP contribution is 2.23. The molecule has 0 fully saturated rings. The fourth-order valence-corrected chi connectivity index (χ4v) is 1.79. The van der Waals surface area contributed by atoms with Gasteiger partial charge < -0.3 is 9.47 Å². The summed E-state index contributed by atoms with van der Waals surface area (Å²) in [4.78, 5) is 0. The van der Waals surface area contributed by atoms with Crippen LogP contribution in [0.1, 0.15) is 11.1 Å². The molecule has 0 aliphatic rings. The highest BCUT2D eigenvalue weighted by Gasteiger charge is 2.02. The molecule has 2 aromatic carbocycles. The van der Waals surface area contributed by atoms with Crippen molar-refractivity contribution in [2.24, 2.45) is 5.84 Å². The van der Waals surface area contributed by atoms with Gasteiger partial charge in [0.25, 0.3) is 0 Å².